The number of nitrogens with zero attached hydrogens (tertiary/aromatic N) is 1. The lowest BCUT2D eigenvalue weighted by Gasteiger charge is -2.23. The molecule has 2 aromatic carbocycles. The highest BCUT2D eigenvalue weighted by Crippen LogP contribution is 2.18. The van der Waals surface area contributed by atoms with Gasteiger partial charge >= 0.3 is 5.97 Å². The van der Waals surface area contributed by atoms with Gasteiger partial charge in [-0.25, -0.2) is 4.79 Å². The van der Waals surface area contributed by atoms with Crippen molar-refractivity contribution in [3.8, 4) is 0 Å². The molecular formula is C25H33NO2. The van der Waals surface area contributed by atoms with E-state index in [1.54, 1.807) is 0 Å². The van der Waals surface area contributed by atoms with Gasteiger partial charge < -0.3 is 4.74 Å². The normalized spacial score (nSPS) is 12.3. The van der Waals surface area contributed by atoms with Gasteiger partial charge in [0.25, 0.3) is 0 Å². The standard InChI is InChI=1S/C25H33NO2/c1-5-6-7-14-19-22(24(27)28-25(2,3)4)26-23(20-15-10-8-11-16-20)21-17-12-9-13-18-21/h8-13,15-18,22H,5-7,14,19H2,1-4H3/t22-/m1/s1. The third-order valence-corrected chi connectivity index (χ3v) is 4.39. The molecule has 0 spiro atoms. The predicted octanol–water partition coefficient (Wildman–Crippen LogP) is 6.20. The maximum Gasteiger partial charge on any atom is 0.331 e. The van der Waals surface area contributed by atoms with Crippen molar-refractivity contribution in [2.24, 2.45) is 4.99 Å². The van der Waals surface area contributed by atoms with Crippen LogP contribution in [0.1, 0.15) is 70.9 Å². The molecule has 0 saturated heterocycles. The van der Waals surface area contributed by atoms with Crippen LogP contribution in [0, 0.1) is 0 Å². The van der Waals surface area contributed by atoms with E-state index in [-0.39, 0.29) is 5.97 Å². The highest BCUT2D eigenvalue weighted by molar-refractivity contribution is 6.13. The van der Waals surface area contributed by atoms with E-state index in [9.17, 15) is 4.79 Å². The van der Waals surface area contributed by atoms with Crippen LogP contribution in [-0.2, 0) is 9.53 Å². The molecule has 0 N–H and O–H groups in total. The van der Waals surface area contributed by atoms with E-state index < -0.39 is 11.6 Å². The number of benzene rings is 2. The van der Waals surface area contributed by atoms with Crippen molar-refractivity contribution < 1.29 is 9.53 Å². The minimum Gasteiger partial charge on any atom is -0.458 e. The fourth-order valence-electron chi connectivity index (χ4n) is 3.03. The van der Waals surface area contributed by atoms with Crippen LogP contribution in [0.5, 0.6) is 0 Å². The molecule has 0 aliphatic rings. The number of hydrogen-bond acceptors (Lipinski definition) is 3. The van der Waals surface area contributed by atoms with Gasteiger partial charge in [0.1, 0.15) is 11.6 Å². The Balaban J connectivity index is 2.37. The van der Waals surface area contributed by atoms with E-state index in [4.69, 9.17) is 9.73 Å². The summed E-state index contributed by atoms with van der Waals surface area (Å²) >= 11 is 0. The minimum absolute atomic E-state index is 0.242. The quantitative estimate of drug-likeness (QED) is 0.295. The summed E-state index contributed by atoms with van der Waals surface area (Å²) in [7, 11) is 0. The Hall–Kier alpha value is -2.42. The second-order valence-electron chi connectivity index (χ2n) is 8.11. The molecule has 0 aliphatic carbocycles. The molecule has 0 amide bonds. The average molecular weight is 380 g/mol. The van der Waals surface area contributed by atoms with Gasteiger partial charge in [-0.2, -0.15) is 0 Å². The number of carbonyl (C=O) groups excluding carboxylic acids is 1. The third-order valence-electron chi connectivity index (χ3n) is 4.39. The van der Waals surface area contributed by atoms with Crippen LogP contribution >= 0.6 is 0 Å². The van der Waals surface area contributed by atoms with E-state index >= 15 is 0 Å². The van der Waals surface area contributed by atoms with E-state index in [1.807, 2.05) is 81.4 Å². The molecular weight excluding hydrogens is 346 g/mol. The van der Waals surface area contributed by atoms with Crippen molar-refractivity contribution in [2.75, 3.05) is 0 Å². The molecule has 150 valence electrons. The molecule has 2 rings (SSSR count). The molecule has 0 bridgehead atoms. The molecule has 0 fully saturated rings. The highest BCUT2D eigenvalue weighted by atomic mass is 16.6. The molecule has 0 aromatic heterocycles. The second kappa shape index (κ2) is 10.8. The van der Waals surface area contributed by atoms with Crippen molar-refractivity contribution in [3.63, 3.8) is 0 Å². The topological polar surface area (TPSA) is 38.7 Å². The molecule has 2 aromatic rings. The molecule has 1 atom stereocenters. The van der Waals surface area contributed by atoms with E-state index in [0.29, 0.717) is 6.42 Å². The molecule has 0 unspecified atom stereocenters. The first-order valence-corrected chi connectivity index (χ1v) is 10.3. The first-order chi connectivity index (χ1) is 13.4. The van der Waals surface area contributed by atoms with Crippen molar-refractivity contribution in [3.05, 3.63) is 71.8 Å². The van der Waals surface area contributed by atoms with Crippen molar-refractivity contribution in [1.29, 1.82) is 0 Å². The van der Waals surface area contributed by atoms with Gasteiger partial charge in [0, 0.05) is 11.1 Å². The fourth-order valence-corrected chi connectivity index (χ4v) is 3.03. The van der Waals surface area contributed by atoms with Gasteiger partial charge in [-0.3, -0.25) is 4.99 Å². The number of hydrogen-bond donors (Lipinski definition) is 0. The van der Waals surface area contributed by atoms with Crippen molar-refractivity contribution in [1.82, 2.24) is 0 Å². The summed E-state index contributed by atoms with van der Waals surface area (Å²) < 4.78 is 5.68. The summed E-state index contributed by atoms with van der Waals surface area (Å²) in [5.41, 5.74) is 2.34. The first kappa shape index (κ1) is 21.9. The Morgan fingerprint density at radius 3 is 1.89 bits per heavy atom. The van der Waals surface area contributed by atoms with E-state index in [1.165, 1.54) is 12.8 Å². The Morgan fingerprint density at radius 1 is 0.893 bits per heavy atom. The van der Waals surface area contributed by atoms with Gasteiger partial charge in [0.2, 0.25) is 0 Å². The molecule has 0 aliphatic heterocycles. The Labute approximate surface area is 169 Å². The molecule has 3 heteroatoms. The summed E-state index contributed by atoms with van der Waals surface area (Å²) in [5.74, 6) is -0.242. The lowest BCUT2D eigenvalue weighted by atomic mass is 10.0. The van der Waals surface area contributed by atoms with Crippen LogP contribution in [0.15, 0.2) is 65.7 Å². The molecule has 3 nitrogen and oxygen atoms in total. The van der Waals surface area contributed by atoms with E-state index in [2.05, 4.69) is 6.92 Å². The third kappa shape index (κ3) is 7.30. The second-order valence-corrected chi connectivity index (χ2v) is 8.11. The number of unbranched alkanes of at least 4 members (excludes halogenated alkanes) is 3. The monoisotopic (exact) mass is 379 g/mol. The highest BCUT2D eigenvalue weighted by Gasteiger charge is 2.25. The van der Waals surface area contributed by atoms with Crippen LogP contribution < -0.4 is 0 Å². The smallest absolute Gasteiger partial charge is 0.331 e. The number of carbonyl (C=O) groups is 1. The summed E-state index contributed by atoms with van der Waals surface area (Å²) in [6, 6.07) is 19.6. The van der Waals surface area contributed by atoms with Gasteiger partial charge in [-0.15, -0.1) is 0 Å². The number of esters is 1. The summed E-state index contributed by atoms with van der Waals surface area (Å²) in [5, 5.41) is 0. The SMILES string of the molecule is CCCCCC[C@@H](N=C(c1ccccc1)c1ccccc1)C(=O)OC(C)(C)C. The maximum atomic E-state index is 12.9. The molecule has 0 radical (unpaired) electrons. The van der Waals surface area contributed by atoms with Gasteiger partial charge in [-0.1, -0.05) is 93.3 Å². The average Bonchev–Trinajstić information content (AvgIpc) is 2.67. The molecule has 28 heavy (non-hydrogen) atoms. The Kier molecular flexibility index (Phi) is 8.43. The fraction of sp³-hybridized carbons (Fsp3) is 0.440. The number of rotatable bonds is 9. The van der Waals surface area contributed by atoms with Crippen LogP contribution in [0.4, 0.5) is 0 Å². The Morgan fingerprint density at radius 2 is 1.43 bits per heavy atom. The minimum atomic E-state index is -0.520. The van der Waals surface area contributed by atoms with Crippen LogP contribution in [0.3, 0.4) is 0 Å². The van der Waals surface area contributed by atoms with Crippen LogP contribution in [0.2, 0.25) is 0 Å². The van der Waals surface area contributed by atoms with Crippen LogP contribution in [0.25, 0.3) is 0 Å². The van der Waals surface area contributed by atoms with E-state index in [0.717, 1.165) is 29.7 Å². The van der Waals surface area contributed by atoms with Crippen molar-refractivity contribution >= 4 is 11.7 Å². The molecule has 0 saturated carbocycles. The summed E-state index contributed by atoms with van der Waals surface area (Å²) in [6.45, 7) is 7.89. The zero-order chi connectivity index (χ0) is 20.4. The lowest BCUT2D eigenvalue weighted by molar-refractivity contribution is -0.156. The maximum absolute atomic E-state index is 12.9. The molecule has 0 heterocycles. The van der Waals surface area contributed by atoms with Gasteiger partial charge in [0.05, 0.1) is 5.71 Å². The van der Waals surface area contributed by atoms with Crippen LogP contribution in [-0.4, -0.2) is 23.3 Å². The summed E-state index contributed by atoms with van der Waals surface area (Å²) in [4.78, 5) is 17.8. The largest absolute Gasteiger partial charge is 0.458 e. The van der Waals surface area contributed by atoms with Crippen molar-refractivity contribution in [2.45, 2.75) is 71.4 Å². The van der Waals surface area contributed by atoms with Gasteiger partial charge in [0.15, 0.2) is 0 Å². The first-order valence-electron chi connectivity index (χ1n) is 10.3. The predicted molar refractivity (Wildman–Crippen MR) is 117 cm³/mol. The zero-order valence-corrected chi connectivity index (χ0v) is 17.7. The summed E-state index contributed by atoms with van der Waals surface area (Å²) in [6.07, 6.45) is 5.13. The lowest BCUT2D eigenvalue weighted by Crippen LogP contribution is -2.31. The van der Waals surface area contributed by atoms with Gasteiger partial charge in [-0.05, 0) is 27.2 Å². The Bertz CT molecular complexity index is 704. The number of ether oxygens (including phenoxy) is 1. The number of aliphatic imine (C=N–C) groups is 1. The zero-order valence-electron chi connectivity index (χ0n) is 17.7.